The second kappa shape index (κ2) is 9.72. The van der Waals surface area contributed by atoms with Crippen LogP contribution in [0.1, 0.15) is 12.0 Å². The highest BCUT2D eigenvalue weighted by molar-refractivity contribution is 6.31. The highest BCUT2D eigenvalue weighted by Gasteiger charge is 2.40. The Morgan fingerprint density at radius 3 is 2.65 bits per heavy atom. The fourth-order valence-electron chi connectivity index (χ4n) is 5.59. The lowest BCUT2D eigenvalue weighted by Crippen LogP contribution is -2.41. The van der Waals surface area contributed by atoms with Crippen LogP contribution in [0.3, 0.4) is 0 Å². The average Bonchev–Trinajstić information content (AvgIpc) is 3.62. The Balaban J connectivity index is 1.46. The Hall–Kier alpha value is -3.56. The van der Waals surface area contributed by atoms with Crippen molar-refractivity contribution in [1.29, 1.82) is 0 Å². The van der Waals surface area contributed by atoms with Gasteiger partial charge in [-0.1, -0.05) is 48.0 Å². The Morgan fingerprint density at radius 2 is 1.84 bits per heavy atom. The van der Waals surface area contributed by atoms with Gasteiger partial charge < -0.3 is 15.0 Å². The van der Waals surface area contributed by atoms with Gasteiger partial charge in [0.05, 0.1) is 13.1 Å². The molecule has 2 aliphatic rings. The molecule has 10 heteroatoms. The molecular weight excluding hydrogens is 492 g/mol. The molecule has 4 aromatic rings. The normalized spacial score (nSPS) is 19.0. The van der Waals surface area contributed by atoms with E-state index in [0.29, 0.717) is 46.4 Å². The molecule has 0 saturated carbocycles. The van der Waals surface area contributed by atoms with Gasteiger partial charge in [0.15, 0.2) is 11.2 Å². The van der Waals surface area contributed by atoms with Crippen molar-refractivity contribution >= 4 is 28.7 Å². The minimum atomic E-state index is -0.412. The monoisotopic (exact) mass is 520 g/mol. The molecule has 0 spiro atoms. The van der Waals surface area contributed by atoms with Crippen LogP contribution in [-0.4, -0.2) is 51.0 Å². The predicted octanol–water partition coefficient (Wildman–Crippen LogP) is 2.48. The second-order valence-corrected chi connectivity index (χ2v) is 10.1. The summed E-state index contributed by atoms with van der Waals surface area (Å²) in [5.74, 6) is 1.94. The lowest BCUT2D eigenvalue weighted by molar-refractivity contribution is 0.292. The summed E-state index contributed by atoms with van der Waals surface area (Å²) in [6, 6.07) is 17.3. The summed E-state index contributed by atoms with van der Waals surface area (Å²) in [5, 5.41) is 4.10. The van der Waals surface area contributed by atoms with Gasteiger partial charge in [-0.05, 0) is 36.1 Å². The molecule has 2 aromatic carbocycles. The predicted molar refractivity (Wildman–Crippen MR) is 144 cm³/mol. The third-order valence-corrected chi connectivity index (χ3v) is 7.90. The van der Waals surface area contributed by atoms with Crippen molar-refractivity contribution in [3.05, 3.63) is 86.0 Å². The van der Waals surface area contributed by atoms with E-state index in [-0.39, 0.29) is 18.7 Å². The minimum absolute atomic E-state index is 0.126. The molecular formula is C27H29ClN6O3. The summed E-state index contributed by atoms with van der Waals surface area (Å²) < 4.78 is 10.4. The number of rotatable bonds is 7. The molecule has 192 valence electrons. The van der Waals surface area contributed by atoms with E-state index < -0.39 is 5.69 Å². The quantitative estimate of drug-likeness (QED) is 0.403. The largest absolute Gasteiger partial charge is 0.492 e. The number of halogens is 1. The molecule has 2 aromatic heterocycles. The number of anilines is 1. The molecule has 0 radical (unpaired) electrons. The summed E-state index contributed by atoms with van der Waals surface area (Å²) in [4.78, 5) is 34.3. The number of aryl methyl sites for hydroxylation is 1. The van der Waals surface area contributed by atoms with E-state index in [9.17, 15) is 9.59 Å². The van der Waals surface area contributed by atoms with Crippen LogP contribution in [0, 0.1) is 5.92 Å². The number of nitrogens with zero attached hydrogens (tertiary/aromatic N) is 5. The van der Waals surface area contributed by atoms with Crippen molar-refractivity contribution in [3.63, 3.8) is 0 Å². The van der Waals surface area contributed by atoms with Gasteiger partial charge in [0.25, 0.3) is 5.56 Å². The fourth-order valence-corrected chi connectivity index (χ4v) is 5.79. The summed E-state index contributed by atoms with van der Waals surface area (Å²) in [6.45, 7) is 3.41. The lowest BCUT2D eigenvalue weighted by atomic mass is 10.1. The molecule has 0 bridgehead atoms. The number of hydrogen-bond donors (Lipinski definition) is 1. The minimum Gasteiger partial charge on any atom is -0.492 e. The van der Waals surface area contributed by atoms with E-state index in [4.69, 9.17) is 21.3 Å². The van der Waals surface area contributed by atoms with Crippen LogP contribution in [0.4, 0.5) is 5.95 Å². The van der Waals surface area contributed by atoms with Crippen LogP contribution in [0.15, 0.2) is 64.2 Å². The molecule has 2 saturated heterocycles. The van der Waals surface area contributed by atoms with Crippen LogP contribution < -0.4 is 26.2 Å². The third-order valence-electron chi connectivity index (χ3n) is 7.53. The van der Waals surface area contributed by atoms with Crippen LogP contribution in [0.5, 0.6) is 5.75 Å². The van der Waals surface area contributed by atoms with E-state index >= 15 is 0 Å². The van der Waals surface area contributed by atoms with E-state index in [1.54, 1.807) is 7.05 Å². The highest BCUT2D eigenvalue weighted by atomic mass is 35.5. The number of benzene rings is 2. The number of ether oxygens (including phenoxy) is 1. The van der Waals surface area contributed by atoms with Gasteiger partial charge in [0, 0.05) is 37.7 Å². The Bertz CT molecular complexity index is 1560. The molecule has 37 heavy (non-hydrogen) atoms. The number of hydrogen-bond acceptors (Lipinski definition) is 6. The van der Waals surface area contributed by atoms with Crippen LogP contribution in [0.25, 0.3) is 11.2 Å². The molecule has 2 fully saturated rings. The van der Waals surface area contributed by atoms with Crippen LogP contribution in [0.2, 0.25) is 5.02 Å². The van der Waals surface area contributed by atoms with Gasteiger partial charge in [0.2, 0.25) is 5.95 Å². The van der Waals surface area contributed by atoms with E-state index in [0.717, 1.165) is 31.6 Å². The zero-order valence-electron chi connectivity index (χ0n) is 20.6. The zero-order valence-corrected chi connectivity index (χ0v) is 21.4. The first kappa shape index (κ1) is 23.8. The molecule has 6 rings (SSSR count). The number of aromatic nitrogens is 4. The summed E-state index contributed by atoms with van der Waals surface area (Å²) in [5.41, 5.74) is 0.876. The number of fused-ring (bicyclic) bond motifs is 2. The van der Waals surface area contributed by atoms with Gasteiger partial charge >= 0.3 is 5.69 Å². The summed E-state index contributed by atoms with van der Waals surface area (Å²) >= 11 is 6.54. The molecule has 1 N–H and O–H groups in total. The first-order valence-corrected chi connectivity index (χ1v) is 13.0. The first-order valence-electron chi connectivity index (χ1n) is 12.6. The van der Waals surface area contributed by atoms with Gasteiger partial charge in [-0.2, -0.15) is 4.98 Å². The summed E-state index contributed by atoms with van der Waals surface area (Å²) in [7, 11) is 1.67. The van der Waals surface area contributed by atoms with Crippen molar-refractivity contribution in [2.75, 3.05) is 31.1 Å². The van der Waals surface area contributed by atoms with Crippen molar-refractivity contribution in [2.24, 2.45) is 13.0 Å². The second-order valence-electron chi connectivity index (χ2n) is 9.69. The van der Waals surface area contributed by atoms with E-state index in [2.05, 4.69) is 10.2 Å². The fraction of sp³-hybridized carbons (Fsp3) is 0.370. The van der Waals surface area contributed by atoms with Crippen molar-refractivity contribution in [2.45, 2.75) is 25.6 Å². The Labute approximate surface area is 218 Å². The molecule has 4 heterocycles. The summed E-state index contributed by atoms with van der Waals surface area (Å²) in [6.07, 6.45) is 1.06. The molecule has 0 aliphatic carbocycles. The Morgan fingerprint density at radius 1 is 1.05 bits per heavy atom. The maximum absolute atomic E-state index is 13.9. The number of imidazole rings is 1. The molecule has 2 unspecified atom stereocenters. The SMILES string of the molecule is Cn1c(=O)n(CCOc2ccccc2)c(=O)c2c1nc(N1CCC3CNCC31)n2Cc1ccccc1Cl. The van der Waals surface area contributed by atoms with E-state index in [1.807, 2.05) is 59.2 Å². The van der Waals surface area contributed by atoms with Gasteiger partial charge in [0.1, 0.15) is 12.4 Å². The lowest BCUT2D eigenvalue weighted by Gasteiger charge is -2.25. The van der Waals surface area contributed by atoms with E-state index in [1.165, 1.54) is 9.13 Å². The van der Waals surface area contributed by atoms with Crippen molar-refractivity contribution < 1.29 is 4.74 Å². The topological polar surface area (TPSA) is 86.3 Å². The highest BCUT2D eigenvalue weighted by Crippen LogP contribution is 2.33. The average molecular weight is 521 g/mol. The first-order chi connectivity index (χ1) is 18.0. The van der Waals surface area contributed by atoms with Crippen LogP contribution >= 0.6 is 11.6 Å². The standard InChI is InChI=1S/C27H29ClN6O3/c1-31-24-23(25(35)33(27(31)36)13-14-37-20-8-3-2-4-9-20)34(17-19-7-5-6-10-21(19)28)26(30-24)32-12-11-18-15-29-16-22(18)32/h2-10,18,22,29H,11-17H2,1H3. The van der Waals surface area contributed by atoms with Crippen molar-refractivity contribution in [3.8, 4) is 5.75 Å². The third kappa shape index (κ3) is 4.22. The van der Waals surface area contributed by atoms with Gasteiger partial charge in [-0.25, -0.2) is 4.79 Å². The number of nitrogens with one attached hydrogen (secondary N) is 1. The molecule has 9 nitrogen and oxygen atoms in total. The zero-order chi connectivity index (χ0) is 25.5. The van der Waals surface area contributed by atoms with Crippen LogP contribution in [-0.2, 0) is 20.1 Å². The molecule has 0 amide bonds. The smallest absolute Gasteiger partial charge is 0.332 e. The maximum atomic E-state index is 13.9. The molecule has 2 aliphatic heterocycles. The molecule has 2 atom stereocenters. The van der Waals surface area contributed by atoms with Gasteiger partial charge in [-0.15, -0.1) is 0 Å². The van der Waals surface area contributed by atoms with Crippen molar-refractivity contribution in [1.82, 2.24) is 24.0 Å². The number of para-hydroxylation sites is 1. The Kier molecular flexibility index (Phi) is 6.26. The maximum Gasteiger partial charge on any atom is 0.332 e. The van der Waals surface area contributed by atoms with Gasteiger partial charge in [-0.3, -0.25) is 18.5 Å².